The van der Waals surface area contributed by atoms with Crippen LogP contribution in [0, 0.1) is 50.2 Å². The Hall–Kier alpha value is -1.92. The lowest BCUT2D eigenvalue weighted by molar-refractivity contribution is -0.374. The van der Waals surface area contributed by atoms with E-state index in [1.807, 2.05) is 0 Å². The zero-order chi connectivity index (χ0) is 49.1. The van der Waals surface area contributed by atoms with Crippen molar-refractivity contribution in [3.05, 3.63) is 11.6 Å². The van der Waals surface area contributed by atoms with Gasteiger partial charge in [0.05, 0.1) is 24.7 Å². The third-order valence-electron chi connectivity index (χ3n) is 19.3. The van der Waals surface area contributed by atoms with Crippen molar-refractivity contribution in [1.82, 2.24) is 0 Å². The van der Waals surface area contributed by atoms with Gasteiger partial charge in [0, 0.05) is 0 Å². The van der Waals surface area contributed by atoms with Gasteiger partial charge in [-0.3, -0.25) is 4.79 Å². The molecule has 67 heavy (non-hydrogen) atoms. The fourth-order valence-corrected chi connectivity index (χ4v) is 15.0. The molecule has 4 saturated carbocycles. The summed E-state index contributed by atoms with van der Waals surface area (Å²) in [6.07, 6.45) is -16.4. The first kappa shape index (κ1) is 51.4. The molecule has 0 spiro atoms. The topological polar surface area (TPSA) is 312 Å². The van der Waals surface area contributed by atoms with Crippen molar-refractivity contribution in [2.45, 2.75) is 211 Å². The van der Waals surface area contributed by atoms with Crippen LogP contribution in [0.4, 0.5) is 0 Å². The molecule has 5 aliphatic carbocycles. The van der Waals surface area contributed by atoms with E-state index >= 15 is 0 Å². The van der Waals surface area contributed by atoms with Crippen LogP contribution in [0.25, 0.3) is 0 Å². The van der Waals surface area contributed by atoms with E-state index < -0.39 is 134 Å². The molecule has 23 atom stereocenters. The largest absolute Gasteiger partial charge is 0.479 e. The van der Waals surface area contributed by atoms with Gasteiger partial charge in [0.15, 0.2) is 18.7 Å². The van der Waals surface area contributed by atoms with Gasteiger partial charge in [-0.15, -0.1) is 0 Å². The predicted octanol–water partition coefficient (Wildman–Crippen LogP) is 0.233. The number of ether oxygens (including phenoxy) is 6. The summed E-state index contributed by atoms with van der Waals surface area (Å²) in [6.45, 7) is 14.4. The Morgan fingerprint density at radius 2 is 1.24 bits per heavy atom. The average molecular weight is 957 g/mol. The summed E-state index contributed by atoms with van der Waals surface area (Å²) in [5.74, 6) is -1.94. The van der Waals surface area contributed by atoms with Gasteiger partial charge >= 0.3 is 11.9 Å². The van der Waals surface area contributed by atoms with Crippen molar-refractivity contribution in [1.29, 1.82) is 0 Å². The normalized spacial score (nSPS) is 52.6. The average Bonchev–Trinajstić information content (AvgIpc) is 3.26. The van der Waals surface area contributed by atoms with Crippen LogP contribution >= 0.6 is 0 Å². The minimum absolute atomic E-state index is 0.0828. The SMILES string of the molecule is CC1(C)CC[C@]2(C(=O)OC3OC(CO)C(O)C(O)C3O)CC[C@]3(C)C(=CCC4[C@@]5(C)CCC(OC6OC(C(=O)O)C(O)C(O)C6OC6OC(CO)C(O)C(O)C6O)C(C)(C)C5CC[C@]43C)C2C1. The smallest absolute Gasteiger partial charge is 0.335 e. The maximum atomic E-state index is 14.7. The van der Waals surface area contributed by atoms with Gasteiger partial charge in [-0.05, 0) is 109 Å². The Balaban J connectivity index is 1.05. The van der Waals surface area contributed by atoms with Crippen molar-refractivity contribution in [3.8, 4) is 0 Å². The van der Waals surface area contributed by atoms with Crippen molar-refractivity contribution >= 4 is 11.9 Å². The number of carbonyl (C=O) groups is 2. The molecule has 8 aliphatic rings. The van der Waals surface area contributed by atoms with Crippen LogP contribution in [-0.2, 0) is 38.0 Å². The Morgan fingerprint density at radius 1 is 0.642 bits per heavy atom. The summed E-state index contributed by atoms with van der Waals surface area (Å²) >= 11 is 0. The third kappa shape index (κ3) is 8.06. The lowest BCUT2D eigenvalue weighted by atomic mass is 9.33. The number of aliphatic hydroxyl groups excluding tert-OH is 10. The number of hydrogen-bond acceptors (Lipinski definition) is 18. The first-order valence-electron chi connectivity index (χ1n) is 24.3. The number of aliphatic hydroxyl groups is 10. The molecule has 0 aromatic heterocycles. The van der Waals surface area contributed by atoms with E-state index in [9.17, 15) is 65.8 Å². The molecule has 3 heterocycles. The van der Waals surface area contributed by atoms with Crippen LogP contribution in [0.1, 0.15) is 113 Å². The molecule has 0 bridgehead atoms. The lowest BCUT2D eigenvalue weighted by Crippen LogP contribution is -2.67. The molecular weight excluding hydrogens is 881 g/mol. The zero-order valence-electron chi connectivity index (χ0n) is 39.7. The highest BCUT2D eigenvalue weighted by Crippen LogP contribution is 2.76. The molecule has 19 unspecified atom stereocenters. The lowest BCUT2D eigenvalue weighted by Gasteiger charge is -2.71. The summed E-state index contributed by atoms with van der Waals surface area (Å²) in [5, 5.41) is 115. The van der Waals surface area contributed by atoms with Crippen LogP contribution in [0.2, 0.25) is 0 Å². The number of carbonyl (C=O) groups excluding carboxylic acids is 1. The molecule has 8 rings (SSSR count). The second-order valence-corrected chi connectivity index (χ2v) is 23.5. The van der Waals surface area contributed by atoms with E-state index in [1.165, 1.54) is 5.57 Å². The minimum Gasteiger partial charge on any atom is -0.479 e. The zero-order valence-corrected chi connectivity index (χ0v) is 39.7. The maximum absolute atomic E-state index is 14.7. The molecule has 19 heteroatoms. The molecule has 11 N–H and O–H groups in total. The number of hydrogen-bond donors (Lipinski definition) is 11. The number of carboxylic acids is 1. The van der Waals surface area contributed by atoms with E-state index in [2.05, 4.69) is 54.5 Å². The van der Waals surface area contributed by atoms with Crippen molar-refractivity contribution in [2.24, 2.45) is 50.2 Å². The second kappa shape index (κ2) is 18.0. The molecule has 0 radical (unpaired) electrons. The van der Waals surface area contributed by atoms with Gasteiger partial charge in [-0.2, -0.15) is 0 Å². The van der Waals surface area contributed by atoms with Crippen LogP contribution in [-0.4, -0.2) is 180 Å². The number of fused-ring (bicyclic) bond motifs is 7. The Kier molecular flexibility index (Phi) is 13.8. The number of esters is 1. The summed E-state index contributed by atoms with van der Waals surface area (Å²) in [6, 6.07) is 0. The van der Waals surface area contributed by atoms with Crippen LogP contribution in [0.15, 0.2) is 11.6 Å². The van der Waals surface area contributed by atoms with Crippen LogP contribution in [0.3, 0.4) is 0 Å². The van der Waals surface area contributed by atoms with E-state index in [0.29, 0.717) is 25.7 Å². The minimum atomic E-state index is -1.98. The molecule has 0 aromatic rings. The van der Waals surface area contributed by atoms with Gasteiger partial charge in [-0.1, -0.05) is 60.1 Å². The molecule has 3 aliphatic heterocycles. The molecular formula is C48H76O19. The van der Waals surface area contributed by atoms with Gasteiger partial charge in [0.1, 0.15) is 67.1 Å². The molecule has 0 aromatic carbocycles. The monoisotopic (exact) mass is 956 g/mol. The highest BCUT2D eigenvalue weighted by molar-refractivity contribution is 5.79. The Morgan fingerprint density at radius 3 is 1.85 bits per heavy atom. The summed E-state index contributed by atoms with van der Waals surface area (Å²) in [7, 11) is 0. The van der Waals surface area contributed by atoms with Crippen LogP contribution in [0.5, 0.6) is 0 Å². The van der Waals surface area contributed by atoms with Crippen molar-refractivity contribution < 1.29 is 94.2 Å². The predicted molar refractivity (Wildman–Crippen MR) is 231 cm³/mol. The molecule has 0 amide bonds. The summed E-state index contributed by atoms with van der Waals surface area (Å²) in [4.78, 5) is 27.0. The maximum Gasteiger partial charge on any atom is 0.335 e. The first-order valence-corrected chi connectivity index (χ1v) is 24.3. The van der Waals surface area contributed by atoms with Crippen molar-refractivity contribution in [3.63, 3.8) is 0 Å². The molecule has 7 fully saturated rings. The Labute approximate surface area is 391 Å². The fraction of sp³-hybridized carbons (Fsp3) is 0.917. The highest BCUT2D eigenvalue weighted by Gasteiger charge is 2.70. The van der Waals surface area contributed by atoms with E-state index in [-0.39, 0.29) is 39.4 Å². The Bertz CT molecular complexity index is 1870. The van der Waals surface area contributed by atoms with Gasteiger partial charge in [0.2, 0.25) is 6.29 Å². The quantitative estimate of drug-likeness (QED) is 0.0838. The standard InChI is InChI=1S/C48H76O19/c1-43(2)14-16-48(42(61)67-40-35(58)31(54)29(52)24(20-50)63-40)17-15-46(6)21(22(48)18-43)8-9-26-45(5)12-11-27(44(3,4)25(45)10-13-47(26,46)7)64-41-37(33(56)32(55)36(65-41)38(59)60)66-39-34(57)30(53)28(51)23(19-49)62-39/h8,22-37,39-41,49-58H,9-20H2,1-7H3,(H,59,60)/t22?,23?,24?,25?,26?,27?,28?,29?,30?,31?,32?,33?,34?,35?,36?,37?,39?,40?,41?,45-,46+,47+,48-/m0/s1. The summed E-state index contributed by atoms with van der Waals surface area (Å²) in [5.41, 5.74) is -1.05. The van der Waals surface area contributed by atoms with Gasteiger partial charge in [0.25, 0.3) is 0 Å². The number of rotatable bonds is 9. The van der Waals surface area contributed by atoms with E-state index in [1.54, 1.807) is 0 Å². The number of aliphatic carboxylic acids is 1. The molecule has 382 valence electrons. The van der Waals surface area contributed by atoms with Crippen LogP contribution < -0.4 is 0 Å². The van der Waals surface area contributed by atoms with E-state index in [0.717, 1.165) is 38.5 Å². The van der Waals surface area contributed by atoms with Gasteiger partial charge in [-0.25, -0.2) is 4.79 Å². The van der Waals surface area contributed by atoms with E-state index in [4.69, 9.17) is 28.4 Å². The van der Waals surface area contributed by atoms with Crippen molar-refractivity contribution in [2.75, 3.05) is 13.2 Å². The number of allylic oxidation sites excluding steroid dienone is 2. The third-order valence-corrected chi connectivity index (χ3v) is 19.3. The fourth-order valence-electron chi connectivity index (χ4n) is 15.0. The first-order chi connectivity index (χ1) is 31.2. The highest BCUT2D eigenvalue weighted by atomic mass is 16.8. The number of carboxylic acid groups (broad SMARTS) is 1. The summed E-state index contributed by atoms with van der Waals surface area (Å²) < 4.78 is 35.7. The molecule has 3 saturated heterocycles. The molecule has 19 nitrogen and oxygen atoms in total. The van der Waals surface area contributed by atoms with Gasteiger partial charge < -0.3 is 84.6 Å². The second-order valence-electron chi connectivity index (χ2n) is 23.5.